The average molecular weight is 764 g/mol. The topological polar surface area (TPSA) is 3.24 Å². The molecular weight excluding hydrogens is 727 g/mol. The van der Waals surface area contributed by atoms with Crippen molar-refractivity contribution < 1.29 is 0 Å². The SMILES string of the molecule is c1ccc(N(c2ccc(-c3cccc4ccccc34)cc2)c2ccc3c(c2)[Si]2(c4ccccc4Sc4ccccc42)c2ccccc2[SiH]3c2ccccc2)cc1. The number of hydrogen-bond donors (Lipinski definition) is 0. The van der Waals surface area contributed by atoms with Crippen molar-refractivity contribution in [1.29, 1.82) is 0 Å². The zero-order valence-electron chi connectivity index (χ0n) is 30.7. The lowest BCUT2D eigenvalue weighted by molar-refractivity contribution is 1.29. The van der Waals surface area contributed by atoms with Crippen molar-refractivity contribution in [2.45, 2.75) is 9.79 Å². The molecule has 0 bridgehead atoms. The van der Waals surface area contributed by atoms with Gasteiger partial charge in [0.1, 0.15) is 8.80 Å². The Morgan fingerprint density at radius 2 is 0.946 bits per heavy atom. The van der Waals surface area contributed by atoms with Gasteiger partial charge in [-0.1, -0.05) is 197 Å². The molecule has 0 fully saturated rings. The van der Waals surface area contributed by atoms with Gasteiger partial charge in [-0.2, -0.15) is 0 Å². The normalized spacial score (nSPS) is 14.7. The first kappa shape index (κ1) is 33.2. The van der Waals surface area contributed by atoms with Crippen molar-refractivity contribution >= 4 is 92.8 Å². The van der Waals surface area contributed by atoms with Gasteiger partial charge in [-0.3, -0.25) is 0 Å². The summed E-state index contributed by atoms with van der Waals surface area (Å²) in [7, 11) is -4.66. The van der Waals surface area contributed by atoms with E-state index in [0.717, 1.165) is 11.4 Å². The number of benzene rings is 9. The number of fused-ring (bicyclic) bond motifs is 9. The highest BCUT2D eigenvalue weighted by atomic mass is 32.2. The monoisotopic (exact) mass is 763 g/mol. The number of rotatable bonds is 5. The molecule has 9 aromatic rings. The average Bonchev–Trinajstić information content (AvgIpc) is 3.27. The van der Waals surface area contributed by atoms with Gasteiger partial charge in [-0.25, -0.2) is 0 Å². The van der Waals surface area contributed by atoms with Crippen LogP contribution in [0.15, 0.2) is 228 Å². The van der Waals surface area contributed by atoms with E-state index in [1.165, 1.54) is 58.1 Å². The Bertz CT molecular complexity index is 2860. The quantitative estimate of drug-likeness (QED) is 0.162. The molecule has 0 aliphatic carbocycles. The number of hydrogen-bond acceptors (Lipinski definition) is 2. The molecule has 0 aromatic heterocycles. The third kappa shape index (κ3) is 5.14. The highest BCUT2D eigenvalue weighted by Gasteiger charge is 2.53. The number of anilines is 3. The second-order valence-corrected chi connectivity index (χ2v) is 22.3. The molecule has 2 aliphatic rings. The molecule has 9 aromatic carbocycles. The summed E-state index contributed by atoms with van der Waals surface area (Å²) < 4.78 is 0. The smallest absolute Gasteiger partial charge is 0.181 e. The number of nitrogens with zero attached hydrogens (tertiary/aromatic N) is 1. The maximum absolute atomic E-state index is 2.80. The Balaban J connectivity index is 1.17. The Kier molecular flexibility index (Phi) is 8.02. The maximum atomic E-state index is 2.61. The Morgan fingerprint density at radius 3 is 1.70 bits per heavy atom. The summed E-state index contributed by atoms with van der Waals surface area (Å²) in [6.45, 7) is 0. The number of para-hydroxylation sites is 1. The van der Waals surface area contributed by atoms with Crippen LogP contribution in [0.2, 0.25) is 0 Å². The summed E-state index contributed by atoms with van der Waals surface area (Å²) >= 11 is 1.94. The van der Waals surface area contributed by atoms with Gasteiger partial charge in [0.15, 0.2) is 8.07 Å². The van der Waals surface area contributed by atoms with E-state index in [2.05, 4.69) is 223 Å². The summed E-state index contributed by atoms with van der Waals surface area (Å²) in [5.74, 6) is 0. The first-order valence-electron chi connectivity index (χ1n) is 19.4. The van der Waals surface area contributed by atoms with Gasteiger partial charge in [-0.15, -0.1) is 0 Å². The molecule has 2 aliphatic heterocycles. The van der Waals surface area contributed by atoms with Crippen molar-refractivity contribution in [2.24, 2.45) is 0 Å². The molecule has 264 valence electrons. The molecule has 0 amide bonds. The third-order valence-electron chi connectivity index (χ3n) is 11.9. The highest BCUT2D eigenvalue weighted by Crippen LogP contribution is 2.38. The van der Waals surface area contributed by atoms with Crippen LogP contribution in [-0.4, -0.2) is 16.9 Å². The van der Waals surface area contributed by atoms with E-state index < -0.39 is 16.9 Å². The molecule has 0 radical (unpaired) electrons. The van der Waals surface area contributed by atoms with Gasteiger partial charge >= 0.3 is 0 Å². The lowest BCUT2D eigenvalue weighted by Gasteiger charge is -2.46. The molecule has 1 spiro atoms. The molecular formula is C52H37NSSi2. The highest BCUT2D eigenvalue weighted by molar-refractivity contribution is 8.00. The van der Waals surface area contributed by atoms with Crippen molar-refractivity contribution in [2.75, 3.05) is 4.90 Å². The van der Waals surface area contributed by atoms with E-state index in [1.807, 2.05) is 11.8 Å². The zero-order valence-corrected chi connectivity index (χ0v) is 33.7. The van der Waals surface area contributed by atoms with Crippen LogP contribution < -0.4 is 41.2 Å². The minimum atomic E-state index is -2.80. The third-order valence-corrected chi connectivity index (χ3v) is 22.2. The van der Waals surface area contributed by atoms with Gasteiger partial charge in [0, 0.05) is 26.9 Å². The molecule has 0 N–H and O–H groups in total. The molecule has 1 nitrogen and oxygen atoms in total. The summed E-state index contributed by atoms with van der Waals surface area (Å²) in [6.07, 6.45) is 0. The first-order valence-corrected chi connectivity index (χ1v) is 23.9. The summed E-state index contributed by atoms with van der Waals surface area (Å²) in [5.41, 5.74) is 5.95. The Hall–Kier alpha value is -6.18. The van der Waals surface area contributed by atoms with Crippen LogP contribution in [0.4, 0.5) is 17.1 Å². The van der Waals surface area contributed by atoms with E-state index in [0.29, 0.717) is 0 Å². The van der Waals surface area contributed by atoms with E-state index in [9.17, 15) is 0 Å². The molecule has 2 heterocycles. The molecule has 0 saturated carbocycles. The molecule has 11 rings (SSSR count). The van der Waals surface area contributed by atoms with Crippen LogP contribution in [0, 0.1) is 0 Å². The Labute approximate surface area is 335 Å². The van der Waals surface area contributed by atoms with Crippen LogP contribution in [0.3, 0.4) is 0 Å². The van der Waals surface area contributed by atoms with Crippen molar-refractivity contribution in [3.8, 4) is 11.1 Å². The fourth-order valence-electron chi connectivity index (χ4n) is 9.53. The Morgan fingerprint density at radius 1 is 0.393 bits per heavy atom. The van der Waals surface area contributed by atoms with Gasteiger partial charge in [-0.05, 0) is 91.2 Å². The van der Waals surface area contributed by atoms with Crippen LogP contribution in [0.5, 0.6) is 0 Å². The summed E-state index contributed by atoms with van der Waals surface area (Å²) in [4.78, 5) is 5.23. The van der Waals surface area contributed by atoms with Crippen LogP contribution >= 0.6 is 11.8 Å². The predicted octanol–water partition coefficient (Wildman–Crippen LogP) is 8.38. The van der Waals surface area contributed by atoms with Crippen molar-refractivity contribution in [3.05, 3.63) is 218 Å². The van der Waals surface area contributed by atoms with E-state index in [4.69, 9.17) is 0 Å². The molecule has 0 saturated heterocycles. The molecule has 4 heteroatoms. The van der Waals surface area contributed by atoms with Gasteiger partial charge in [0.2, 0.25) is 0 Å². The van der Waals surface area contributed by atoms with E-state index >= 15 is 0 Å². The summed E-state index contributed by atoms with van der Waals surface area (Å²) in [5, 5.41) is 13.2. The minimum absolute atomic E-state index is 1.14. The fourth-order valence-corrected chi connectivity index (χ4v) is 21.9. The predicted molar refractivity (Wildman–Crippen MR) is 244 cm³/mol. The van der Waals surface area contributed by atoms with Gasteiger partial charge in [0.05, 0.1) is 0 Å². The van der Waals surface area contributed by atoms with E-state index in [1.54, 1.807) is 15.6 Å². The second-order valence-electron chi connectivity index (χ2n) is 14.8. The summed E-state index contributed by atoms with van der Waals surface area (Å²) in [6, 6.07) is 82.3. The molecule has 1 atom stereocenters. The van der Waals surface area contributed by atoms with Crippen molar-refractivity contribution in [1.82, 2.24) is 0 Å². The molecule has 1 unspecified atom stereocenters. The van der Waals surface area contributed by atoms with Crippen LogP contribution in [-0.2, 0) is 0 Å². The molecule has 56 heavy (non-hydrogen) atoms. The maximum Gasteiger partial charge on any atom is 0.181 e. The van der Waals surface area contributed by atoms with Crippen LogP contribution in [0.1, 0.15) is 0 Å². The fraction of sp³-hybridized carbons (Fsp3) is 0. The lowest BCUT2D eigenvalue weighted by Crippen LogP contribution is -2.87. The standard InChI is InChI=1S/C52H37NSSi2/c1-3-18-39(19-4-1)53(40-32-30-38(31-33-40)44-23-15-17-37-16-7-8-22-43(37)44)41-34-35-48-52(36-41)56(49-27-12-9-24-45(49)54-46-25-10-13-28-50(46)56)51-29-14-11-26-47(51)55(48)42-20-5-2-6-21-42/h1-36,55H. The van der Waals surface area contributed by atoms with Crippen molar-refractivity contribution in [3.63, 3.8) is 0 Å². The van der Waals surface area contributed by atoms with Crippen LogP contribution in [0.25, 0.3) is 21.9 Å². The van der Waals surface area contributed by atoms with E-state index in [-0.39, 0.29) is 0 Å². The second kappa shape index (κ2) is 13.5. The van der Waals surface area contributed by atoms with Gasteiger partial charge in [0.25, 0.3) is 0 Å². The zero-order chi connectivity index (χ0) is 37.1. The first-order chi connectivity index (χ1) is 27.8. The lowest BCUT2D eigenvalue weighted by atomic mass is 9.98. The largest absolute Gasteiger partial charge is 0.311 e. The van der Waals surface area contributed by atoms with Gasteiger partial charge < -0.3 is 4.90 Å². The minimum Gasteiger partial charge on any atom is -0.311 e.